The van der Waals surface area contributed by atoms with Crippen molar-refractivity contribution in [1.82, 2.24) is 20.0 Å². The number of fused-ring (bicyclic) bond motifs is 4. The maximum atomic E-state index is 4.72. The average molecular weight is 466 g/mol. The minimum Gasteiger partial charge on any atom is -0.304 e. The second-order valence-electron chi connectivity index (χ2n) is 9.71. The molecule has 6 heteroatoms. The summed E-state index contributed by atoms with van der Waals surface area (Å²) in [5, 5.41) is 8.06. The number of aromatic nitrogens is 2. The van der Waals surface area contributed by atoms with E-state index in [1.165, 1.54) is 54.4 Å². The standard InChI is InChI=1S/C28H27N5S/c1-32-8-10-33(11-9-32)17-18-2-4-19(5-3-18)25-13-23-26(34-25)14-24-27(30-31-28(23)24)20-6-7-21-15-29-16-22(21)12-20/h2-7,12-13,15H,8-11,14,16-17H2,1H3,(H,30,31). The summed E-state index contributed by atoms with van der Waals surface area (Å²) in [5.41, 5.74) is 11.3. The highest BCUT2D eigenvalue weighted by Crippen LogP contribution is 2.46. The monoisotopic (exact) mass is 465 g/mol. The average Bonchev–Trinajstić information content (AvgIpc) is 3.62. The Bertz CT molecular complexity index is 1400. The van der Waals surface area contributed by atoms with Crippen LogP contribution in [-0.2, 0) is 19.5 Å². The number of hydrogen-bond acceptors (Lipinski definition) is 5. The Labute approximate surface area is 203 Å². The quantitative estimate of drug-likeness (QED) is 0.404. The van der Waals surface area contributed by atoms with E-state index in [0.717, 1.165) is 51.4 Å². The van der Waals surface area contributed by atoms with Gasteiger partial charge in [0, 0.05) is 71.8 Å². The predicted octanol–water partition coefficient (Wildman–Crippen LogP) is 5.06. The Balaban J connectivity index is 1.11. The molecule has 4 aromatic rings. The Morgan fingerprint density at radius 3 is 2.65 bits per heavy atom. The zero-order chi connectivity index (χ0) is 22.6. The fourth-order valence-electron chi connectivity index (χ4n) is 5.37. The van der Waals surface area contributed by atoms with Crippen LogP contribution in [0.1, 0.15) is 27.1 Å². The number of piperazine rings is 1. The van der Waals surface area contributed by atoms with Crippen molar-refractivity contribution in [2.45, 2.75) is 19.5 Å². The maximum Gasteiger partial charge on any atom is 0.0963 e. The summed E-state index contributed by atoms with van der Waals surface area (Å²) in [7, 11) is 2.21. The van der Waals surface area contributed by atoms with Gasteiger partial charge in [-0.25, -0.2) is 0 Å². The zero-order valence-electron chi connectivity index (χ0n) is 19.3. The van der Waals surface area contributed by atoms with Crippen LogP contribution in [-0.4, -0.2) is 59.4 Å². The molecule has 2 aliphatic heterocycles. The van der Waals surface area contributed by atoms with Crippen LogP contribution in [0.15, 0.2) is 53.5 Å². The van der Waals surface area contributed by atoms with Crippen molar-refractivity contribution in [2.24, 2.45) is 4.99 Å². The lowest BCUT2D eigenvalue weighted by Crippen LogP contribution is -2.43. The lowest BCUT2D eigenvalue weighted by atomic mass is 10.0. The van der Waals surface area contributed by atoms with Crippen LogP contribution < -0.4 is 0 Å². The molecule has 0 bridgehead atoms. The van der Waals surface area contributed by atoms with Gasteiger partial charge in [-0.05, 0) is 41.4 Å². The molecule has 1 fully saturated rings. The molecule has 2 aromatic carbocycles. The Morgan fingerprint density at radius 1 is 0.971 bits per heavy atom. The molecule has 0 atom stereocenters. The van der Waals surface area contributed by atoms with Gasteiger partial charge < -0.3 is 4.90 Å². The minimum atomic E-state index is 0.778. The number of aliphatic imine (C=N–C) groups is 1. The summed E-state index contributed by atoms with van der Waals surface area (Å²) < 4.78 is 0. The van der Waals surface area contributed by atoms with Gasteiger partial charge in [-0.3, -0.25) is 15.0 Å². The van der Waals surface area contributed by atoms with E-state index in [9.17, 15) is 0 Å². The summed E-state index contributed by atoms with van der Waals surface area (Å²) in [6.45, 7) is 6.46. The van der Waals surface area contributed by atoms with E-state index in [-0.39, 0.29) is 0 Å². The second kappa shape index (κ2) is 8.01. The summed E-state index contributed by atoms with van der Waals surface area (Å²) in [5.74, 6) is 0. The van der Waals surface area contributed by atoms with Crippen LogP contribution in [0.3, 0.4) is 0 Å². The minimum absolute atomic E-state index is 0.778. The molecule has 3 aliphatic rings. The number of thiophene rings is 1. The second-order valence-corrected chi connectivity index (χ2v) is 10.8. The smallest absolute Gasteiger partial charge is 0.0963 e. The summed E-state index contributed by atoms with van der Waals surface area (Å²) in [6.07, 6.45) is 2.92. The molecule has 2 aromatic heterocycles. The molecule has 34 heavy (non-hydrogen) atoms. The van der Waals surface area contributed by atoms with Crippen molar-refractivity contribution in [3.05, 3.63) is 75.7 Å². The van der Waals surface area contributed by atoms with Gasteiger partial charge in [0.25, 0.3) is 0 Å². The van der Waals surface area contributed by atoms with Crippen molar-refractivity contribution in [3.63, 3.8) is 0 Å². The van der Waals surface area contributed by atoms with Crippen LogP contribution in [0.4, 0.5) is 0 Å². The molecular weight excluding hydrogens is 438 g/mol. The molecule has 1 N–H and O–H groups in total. The van der Waals surface area contributed by atoms with Gasteiger partial charge in [0.05, 0.1) is 17.9 Å². The molecule has 7 rings (SSSR count). The number of rotatable bonds is 4. The van der Waals surface area contributed by atoms with Gasteiger partial charge in [0.1, 0.15) is 0 Å². The van der Waals surface area contributed by atoms with E-state index in [0.29, 0.717) is 0 Å². The molecule has 0 spiro atoms. The van der Waals surface area contributed by atoms with Crippen LogP contribution in [0, 0.1) is 0 Å². The van der Waals surface area contributed by atoms with E-state index in [4.69, 9.17) is 5.10 Å². The largest absolute Gasteiger partial charge is 0.304 e. The summed E-state index contributed by atoms with van der Waals surface area (Å²) >= 11 is 1.92. The van der Waals surface area contributed by atoms with Gasteiger partial charge in [0.15, 0.2) is 0 Å². The van der Waals surface area contributed by atoms with E-state index in [2.05, 4.69) is 75.5 Å². The third-order valence-corrected chi connectivity index (χ3v) is 8.62. The van der Waals surface area contributed by atoms with Gasteiger partial charge >= 0.3 is 0 Å². The molecule has 1 aliphatic carbocycles. The van der Waals surface area contributed by atoms with E-state index in [1.807, 2.05) is 17.6 Å². The number of aromatic amines is 1. The molecule has 0 radical (unpaired) electrons. The highest BCUT2D eigenvalue weighted by molar-refractivity contribution is 7.16. The first-order chi connectivity index (χ1) is 16.7. The van der Waals surface area contributed by atoms with Crippen molar-refractivity contribution < 1.29 is 0 Å². The van der Waals surface area contributed by atoms with Crippen molar-refractivity contribution in [2.75, 3.05) is 33.2 Å². The number of hydrogen-bond donors (Lipinski definition) is 1. The van der Waals surface area contributed by atoms with Crippen LogP contribution in [0.25, 0.3) is 33.0 Å². The highest BCUT2D eigenvalue weighted by Gasteiger charge is 2.28. The summed E-state index contributed by atoms with van der Waals surface area (Å²) in [4.78, 5) is 12.1. The lowest BCUT2D eigenvalue weighted by Gasteiger charge is -2.32. The van der Waals surface area contributed by atoms with E-state index in [1.54, 1.807) is 0 Å². The number of nitrogens with zero attached hydrogens (tertiary/aromatic N) is 4. The first-order valence-corrected chi connectivity index (χ1v) is 12.9. The van der Waals surface area contributed by atoms with Gasteiger partial charge in [0.2, 0.25) is 0 Å². The third kappa shape index (κ3) is 3.45. The SMILES string of the molecule is CN1CCN(Cc2ccc(-c3cc4c(s3)Cc3c(-c5ccc6c(c5)CN=C6)n[nH]c3-4)cc2)CC1. The normalized spacial score (nSPS) is 17.2. The Morgan fingerprint density at radius 2 is 1.79 bits per heavy atom. The van der Waals surface area contributed by atoms with Crippen LogP contribution in [0.5, 0.6) is 0 Å². The lowest BCUT2D eigenvalue weighted by molar-refractivity contribution is 0.148. The topological polar surface area (TPSA) is 47.5 Å². The van der Waals surface area contributed by atoms with Gasteiger partial charge in [-0.2, -0.15) is 5.10 Å². The fraction of sp³-hybridized carbons (Fsp3) is 0.286. The first-order valence-electron chi connectivity index (χ1n) is 12.0. The van der Waals surface area contributed by atoms with Crippen molar-refractivity contribution in [3.8, 4) is 33.0 Å². The fourth-order valence-corrected chi connectivity index (χ4v) is 6.55. The number of likely N-dealkylation sites (N-methyl/N-ethyl adjacent to an activating group) is 1. The first kappa shape index (κ1) is 20.3. The molecule has 0 saturated carbocycles. The van der Waals surface area contributed by atoms with E-state index >= 15 is 0 Å². The van der Waals surface area contributed by atoms with Gasteiger partial charge in [-0.1, -0.05) is 36.4 Å². The number of H-pyrrole nitrogens is 1. The van der Waals surface area contributed by atoms with Crippen molar-refractivity contribution >= 4 is 17.6 Å². The molecule has 170 valence electrons. The van der Waals surface area contributed by atoms with Crippen LogP contribution in [0.2, 0.25) is 0 Å². The van der Waals surface area contributed by atoms with Gasteiger partial charge in [-0.15, -0.1) is 11.3 Å². The number of benzene rings is 2. The zero-order valence-corrected chi connectivity index (χ0v) is 20.2. The highest BCUT2D eigenvalue weighted by atomic mass is 32.1. The van der Waals surface area contributed by atoms with E-state index < -0.39 is 0 Å². The van der Waals surface area contributed by atoms with Crippen LogP contribution >= 0.6 is 11.3 Å². The Hall–Kier alpha value is -3.06. The Kier molecular flexibility index (Phi) is 4.79. The molecule has 1 saturated heterocycles. The molecule has 4 heterocycles. The summed E-state index contributed by atoms with van der Waals surface area (Å²) in [6, 6.07) is 18.1. The molecule has 0 unspecified atom stereocenters. The molecular formula is C28H27N5S. The third-order valence-electron chi connectivity index (χ3n) is 7.43. The van der Waals surface area contributed by atoms with Crippen molar-refractivity contribution in [1.29, 1.82) is 0 Å². The predicted molar refractivity (Wildman–Crippen MR) is 140 cm³/mol. The molecule has 0 amide bonds. The number of nitrogens with one attached hydrogen (secondary N) is 1. The molecule has 5 nitrogen and oxygen atoms in total. The maximum absolute atomic E-state index is 4.72.